The SMILES string of the molecule is COc1nccc(NC(=O)[C@H](C)Nc2cc(OCCN(C)C)cc(C(F)(F)F)c2)n1. The van der Waals surface area contributed by atoms with Crippen LogP contribution in [0.1, 0.15) is 12.5 Å². The molecule has 1 heterocycles. The molecule has 0 saturated carbocycles. The standard InChI is InChI=1S/C19H24F3N5O3/c1-12(17(28)25-16-5-6-23-18(26-16)29-4)24-14-9-13(19(20,21)22)10-15(11-14)30-8-7-27(2)3/h5-6,9-12,24H,7-8H2,1-4H3,(H,23,25,26,28)/t12-/m0/s1. The van der Waals surface area contributed by atoms with E-state index < -0.39 is 23.7 Å². The fourth-order valence-electron chi connectivity index (χ4n) is 2.33. The lowest BCUT2D eigenvalue weighted by molar-refractivity contribution is -0.137. The van der Waals surface area contributed by atoms with Gasteiger partial charge in [-0.3, -0.25) is 4.79 Å². The molecule has 30 heavy (non-hydrogen) atoms. The lowest BCUT2D eigenvalue weighted by atomic mass is 10.1. The number of amides is 1. The zero-order valence-electron chi connectivity index (χ0n) is 17.1. The molecule has 0 saturated heterocycles. The lowest BCUT2D eigenvalue weighted by Crippen LogP contribution is -2.32. The van der Waals surface area contributed by atoms with Gasteiger partial charge in [-0.2, -0.15) is 18.2 Å². The molecular formula is C19H24F3N5O3. The molecule has 0 unspecified atom stereocenters. The number of nitrogens with one attached hydrogen (secondary N) is 2. The van der Waals surface area contributed by atoms with Crippen LogP contribution in [0.25, 0.3) is 0 Å². The normalized spacial score (nSPS) is 12.4. The van der Waals surface area contributed by atoms with Crippen molar-refractivity contribution in [1.82, 2.24) is 14.9 Å². The third kappa shape index (κ3) is 7.07. The third-order valence-electron chi connectivity index (χ3n) is 3.88. The minimum atomic E-state index is -4.56. The Bertz CT molecular complexity index is 862. The van der Waals surface area contributed by atoms with E-state index in [-0.39, 0.29) is 29.9 Å². The van der Waals surface area contributed by atoms with E-state index in [0.717, 1.165) is 12.1 Å². The highest BCUT2D eigenvalue weighted by atomic mass is 19.4. The van der Waals surface area contributed by atoms with Crippen molar-refractivity contribution in [3.8, 4) is 11.8 Å². The Morgan fingerprint density at radius 2 is 2.00 bits per heavy atom. The summed E-state index contributed by atoms with van der Waals surface area (Å²) in [7, 11) is 5.04. The Hall–Kier alpha value is -3.08. The molecule has 0 aliphatic rings. The third-order valence-corrected chi connectivity index (χ3v) is 3.88. The Balaban J connectivity index is 2.13. The van der Waals surface area contributed by atoms with Crippen molar-refractivity contribution in [3.05, 3.63) is 36.0 Å². The van der Waals surface area contributed by atoms with Crippen molar-refractivity contribution in [2.45, 2.75) is 19.1 Å². The fourth-order valence-corrected chi connectivity index (χ4v) is 2.33. The number of methoxy groups -OCH3 is 1. The van der Waals surface area contributed by atoms with Crippen LogP contribution in [0.4, 0.5) is 24.7 Å². The van der Waals surface area contributed by atoms with E-state index in [2.05, 4.69) is 20.6 Å². The highest BCUT2D eigenvalue weighted by molar-refractivity contribution is 5.95. The average molecular weight is 427 g/mol. The van der Waals surface area contributed by atoms with Crippen molar-refractivity contribution in [3.63, 3.8) is 0 Å². The van der Waals surface area contributed by atoms with Crippen LogP contribution in [0.3, 0.4) is 0 Å². The second-order valence-electron chi connectivity index (χ2n) is 6.68. The van der Waals surface area contributed by atoms with Gasteiger partial charge in [-0.05, 0) is 39.2 Å². The molecule has 1 atom stereocenters. The number of benzene rings is 1. The summed E-state index contributed by atoms with van der Waals surface area (Å²) >= 11 is 0. The van der Waals surface area contributed by atoms with Gasteiger partial charge in [0.2, 0.25) is 5.91 Å². The lowest BCUT2D eigenvalue weighted by Gasteiger charge is -2.18. The second kappa shape index (κ2) is 10.1. The van der Waals surface area contributed by atoms with Crippen LogP contribution in [-0.4, -0.2) is 61.2 Å². The van der Waals surface area contributed by atoms with E-state index in [0.29, 0.717) is 6.54 Å². The van der Waals surface area contributed by atoms with E-state index in [1.54, 1.807) is 0 Å². The van der Waals surface area contributed by atoms with Crippen LogP contribution in [0, 0.1) is 0 Å². The number of rotatable bonds is 9. The predicted octanol–water partition coefficient (Wildman–Crippen LogP) is 2.88. The molecule has 0 aliphatic carbocycles. The summed E-state index contributed by atoms with van der Waals surface area (Å²) in [5.41, 5.74) is -0.770. The molecule has 0 bridgehead atoms. The van der Waals surface area contributed by atoms with Crippen molar-refractivity contribution < 1.29 is 27.4 Å². The molecular weight excluding hydrogens is 403 g/mol. The largest absolute Gasteiger partial charge is 0.492 e. The fraction of sp³-hybridized carbons (Fsp3) is 0.421. The number of alkyl halides is 3. The first kappa shape index (κ1) is 23.2. The van der Waals surface area contributed by atoms with Crippen molar-refractivity contribution >= 4 is 17.4 Å². The molecule has 1 aromatic carbocycles. The van der Waals surface area contributed by atoms with Gasteiger partial charge in [-0.25, -0.2) is 4.98 Å². The van der Waals surface area contributed by atoms with Gasteiger partial charge in [-0.1, -0.05) is 0 Å². The van der Waals surface area contributed by atoms with Crippen LogP contribution in [-0.2, 0) is 11.0 Å². The Labute approximate surface area is 172 Å². The second-order valence-corrected chi connectivity index (χ2v) is 6.68. The average Bonchev–Trinajstić information content (AvgIpc) is 2.67. The molecule has 164 valence electrons. The van der Waals surface area contributed by atoms with Gasteiger partial charge < -0.3 is 25.0 Å². The first-order valence-corrected chi connectivity index (χ1v) is 9.02. The molecule has 2 N–H and O–H groups in total. The minimum Gasteiger partial charge on any atom is -0.492 e. The molecule has 8 nitrogen and oxygen atoms in total. The Kier molecular flexibility index (Phi) is 7.81. The summed E-state index contributed by atoms with van der Waals surface area (Å²) in [5, 5.41) is 5.32. The molecule has 0 fully saturated rings. The zero-order valence-corrected chi connectivity index (χ0v) is 17.1. The number of hydrogen-bond acceptors (Lipinski definition) is 7. The van der Waals surface area contributed by atoms with Crippen LogP contribution >= 0.6 is 0 Å². The van der Waals surface area contributed by atoms with Gasteiger partial charge in [-0.15, -0.1) is 0 Å². The molecule has 0 aliphatic heterocycles. The van der Waals surface area contributed by atoms with E-state index in [4.69, 9.17) is 9.47 Å². The Morgan fingerprint density at radius 1 is 1.27 bits per heavy atom. The van der Waals surface area contributed by atoms with Gasteiger partial charge >= 0.3 is 12.2 Å². The highest BCUT2D eigenvalue weighted by Gasteiger charge is 2.31. The van der Waals surface area contributed by atoms with E-state index in [9.17, 15) is 18.0 Å². The summed E-state index contributed by atoms with van der Waals surface area (Å²) in [6.07, 6.45) is -3.15. The predicted molar refractivity (Wildman–Crippen MR) is 106 cm³/mol. The maximum Gasteiger partial charge on any atom is 0.416 e. The monoisotopic (exact) mass is 427 g/mol. The molecule has 0 radical (unpaired) electrons. The van der Waals surface area contributed by atoms with E-state index >= 15 is 0 Å². The number of anilines is 2. The van der Waals surface area contributed by atoms with Crippen molar-refractivity contribution in [2.24, 2.45) is 0 Å². The molecule has 0 spiro atoms. The van der Waals surface area contributed by atoms with Gasteiger partial charge in [0.1, 0.15) is 24.2 Å². The van der Waals surface area contributed by atoms with Gasteiger partial charge in [0.25, 0.3) is 0 Å². The van der Waals surface area contributed by atoms with Crippen LogP contribution < -0.4 is 20.1 Å². The molecule has 2 aromatic rings. The maximum atomic E-state index is 13.3. The maximum absolute atomic E-state index is 13.3. The smallest absolute Gasteiger partial charge is 0.416 e. The summed E-state index contributed by atoms with van der Waals surface area (Å²) < 4.78 is 50.1. The molecule has 1 amide bonds. The van der Waals surface area contributed by atoms with Gasteiger partial charge in [0.15, 0.2) is 0 Å². The number of hydrogen-bond donors (Lipinski definition) is 2. The zero-order chi connectivity index (χ0) is 22.3. The summed E-state index contributed by atoms with van der Waals surface area (Å²) in [5.74, 6) is -0.234. The first-order valence-electron chi connectivity index (χ1n) is 9.02. The number of carbonyl (C=O) groups is 1. The number of ether oxygens (including phenoxy) is 2. The van der Waals surface area contributed by atoms with E-state index in [1.165, 1.54) is 32.4 Å². The molecule has 2 rings (SSSR count). The first-order chi connectivity index (χ1) is 14.1. The van der Waals surface area contributed by atoms with Crippen LogP contribution in [0.15, 0.2) is 30.5 Å². The quantitative estimate of drug-likeness (QED) is 0.636. The van der Waals surface area contributed by atoms with Crippen LogP contribution in [0.2, 0.25) is 0 Å². The Morgan fingerprint density at radius 3 is 2.63 bits per heavy atom. The number of aromatic nitrogens is 2. The van der Waals surface area contributed by atoms with Gasteiger partial charge in [0.05, 0.1) is 12.7 Å². The van der Waals surface area contributed by atoms with Crippen molar-refractivity contribution in [2.75, 3.05) is 45.0 Å². The summed E-state index contributed by atoms with van der Waals surface area (Å²) in [4.78, 5) is 22.0. The minimum absolute atomic E-state index is 0.0577. The van der Waals surface area contributed by atoms with Gasteiger partial charge in [0, 0.05) is 24.5 Å². The van der Waals surface area contributed by atoms with E-state index in [1.807, 2.05) is 19.0 Å². The topological polar surface area (TPSA) is 88.6 Å². The molecule has 11 heteroatoms. The highest BCUT2D eigenvalue weighted by Crippen LogP contribution is 2.34. The number of nitrogens with zero attached hydrogens (tertiary/aromatic N) is 3. The summed E-state index contributed by atoms with van der Waals surface area (Å²) in [6, 6.07) is 3.96. The van der Waals surface area contributed by atoms with Crippen LogP contribution in [0.5, 0.6) is 11.8 Å². The van der Waals surface area contributed by atoms with Crippen molar-refractivity contribution in [1.29, 1.82) is 0 Å². The number of carbonyl (C=O) groups excluding carboxylic acids is 1. The number of halogens is 3. The summed E-state index contributed by atoms with van der Waals surface area (Å²) in [6.45, 7) is 2.28. The molecule has 1 aromatic heterocycles. The number of likely N-dealkylation sites (N-methyl/N-ethyl adjacent to an activating group) is 1.